The molecule has 0 aliphatic rings. The third-order valence-corrected chi connectivity index (χ3v) is 6.52. The number of benzene rings is 3. The number of sulfone groups is 1. The lowest BCUT2D eigenvalue weighted by atomic mass is 10.3. The SMILES string of the molecule is O=P(/C=C/S(=O)(=O)c1ccccc1)(Oc1ccccc1)Oc1ccccc1. The van der Waals surface area contributed by atoms with Crippen molar-refractivity contribution in [3.63, 3.8) is 0 Å². The van der Waals surface area contributed by atoms with E-state index in [1.165, 1.54) is 12.1 Å². The van der Waals surface area contributed by atoms with Gasteiger partial charge in [0, 0.05) is 5.41 Å². The molecule has 0 aliphatic heterocycles. The highest BCUT2D eigenvalue weighted by molar-refractivity contribution is 7.94. The Balaban J connectivity index is 1.93. The highest BCUT2D eigenvalue weighted by Gasteiger charge is 2.26. The lowest BCUT2D eigenvalue weighted by molar-refractivity contribution is 0.398. The molecule has 0 bridgehead atoms. The largest absolute Gasteiger partial charge is 0.456 e. The summed E-state index contributed by atoms with van der Waals surface area (Å²) in [5.41, 5.74) is 0. The summed E-state index contributed by atoms with van der Waals surface area (Å²) in [6, 6.07) is 24.7. The third kappa shape index (κ3) is 5.33. The van der Waals surface area contributed by atoms with Crippen molar-refractivity contribution < 1.29 is 22.0 Å². The molecule has 0 unspecified atom stereocenters. The van der Waals surface area contributed by atoms with Crippen LogP contribution in [0.25, 0.3) is 0 Å². The van der Waals surface area contributed by atoms with E-state index in [0.29, 0.717) is 11.5 Å². The quantitative estimate of drug-likeness (QED) is 0.505. The summed E-state index contributed by atoms with van der Waals surface area (Å²) in [6.07, 6.45) is 0. The van der Waals surface area contributed by atoms with Gasteiger partial charge in [0.1, 0.15) is 11.5 Å². The molecule has 0 fully saturated rings. The summed E-state index contributed by atoms with van der Waals surface area (Å²) >= 11 is 0. The van der Waals surface area contributed by atoms with E-state index in [2.05, 4.69) is 0 Å². The van der Waals surface area contributed by atoms with Gasteiger partial charge in [-0.1, -0.05) is 54.6 Å². The van der Waals surface area contributed by atoms with Crippen molar-refractivity contribution >= 4 is 17.4 Å². The van der Waals surface area contributed by atoms with Gasteiger partial charge in [-0.25, -0.2) is 13.0 Å². The minimum absolute atomic E-state index is 0.0900. The molecule has 5 nitrogen and oxygen atoms in total. The van der Waals surface area contributed by atoms with E-state index in [1.807, 2.05) is 0 Å². The molecule has 0 spiro atoms. The topological polar surface area (TPSA) is 69.7 Å². The molecular formula is C20H17O5PS. The van der Waals surface area contributed by atoms with Crippen LogP contribution in [0.1, 0.15) is 0 Å². The molecule has 0 saturated carbocycles. The Labute approximate surface area is 158 Å². The number of hydrogen-bond acceptors (Lipinski definition) is 5. The van der Waals surface area contributed by atoms with E-state index in [9.17, 15) is 13.0 Å². The normalized spacial score (nSPS) is 12.0. The molecule has 3 aromatic rings. The van der Waals surface area contributed by atoms with Gasteiger partial charge in [-0.2, -0.15) is 0 Å². The van der Waals surface area contributed by atoms with Crippen molar-refractivity contribution in [3.05, 3.63) is 102 Å². The first-order valence-corrected chi connectivity index (χ1v) is 11.2. The molecule has 0 radical (unpaired) electrons. The van der Waals surface area contributed by atoms with E-state index in [1.54, 1.807) is 78.9 Å². The molecule has 0 heterocycles. The fraction of sp³-hybridized carbons (Fsp3) is 0. The van der Waals surface area contributed by atoms with Gasteiger partial charge in [0.25, 0.3) is 0 Å². The van der Waals surface area contributed by atoms with E-state index >= 15 is 0 Å². The maximum Gasteiger partial charge on any atom is 0.456 e. The Bertz CT molecular complexity index is 1000. The second-order valence-electron chi connectivity index (χ2n) is 5.49. The first-order chi connectivity index (χ1) is 13.0. The summed E-state index contributed by atoms with van der Waals surface area (Å²) < 4.78 is 49.2. The van der Waals surface area contributed by atoms with Gasteiger partial charge in [0.05, 0.1) is 10.7 Å². The van der Waals surface area contributed by atoms with Gasteiger partial charge in [-0.15, -0.1) is 0 Å². The Morgan fingerprint density at radius 2 is 1.07 bits per heavy atom. The summed E-state index contributed by atoms with van der Waals surface area (Å²) in [5.74, 6) is 1.58. The standard InChI is InChI=1S/C20H17O5PS/c21-26(24-18-10-4-1-5-11-18,25-19-12-6-2-7-13-19)16-17-27(22,23)20-14-8-3-9-15-20/h1-17H/b17-16+. The second-order valence-corrected chi connectivity index (χ2v) is 9.07. The molecule has 0 atom stereocenters. The van der Waals surface area contributed by atoms with Gasteiger partial charge < -0.3 is 9.05 Å². The maximum absolute atomic E-state index is 13.2. The molecule has 7 heteroatoms. The van der Waals surface area contributed by atoms with Crippen LogP contribution in [-0.2, 0) is 14.4 Å². The summed E-state index contributed by atoms with van der Waals surface area (Å²) in [6.45, 7) is 0. The minimum atomic E-state index is -3.94. The Kier molecular flexibility index (Phi) is 5.79. The predicted molar refractivity (Wildman–Crippen MR) is 105 cm³/mol. The zero-order valence-corrected chi connectivity index (χ0v) is 15.9. The van der Waals surface area contributed by atoms with Crippen LogP contribution in [0.15, 0.2) is 107 Å². The number of rotatable bonds is 7. The molecule has 27 heavy (non-hydrogen) atoms. The van der Waals surface area contributed by atoms with Crippen LogP contribution in [0.2, 0.25) is 0 Å². The van der Waals surface area contributed by atoms with Crippen LogP contribution in [0.4, 0.5) is 0 Å². The van der Waals surface area contributed by atoms with Crippen molar-refractivity contribution in [2.24, 2.45) is 0 Å². The van der Waals surface area contributed by atoms with Gasteiger partial charge in [0.2, 0.25) is 0 Å². The zero-order valence-electron chi connectivity index (χ0n) is 14.2. The summed E-state index contributed by atoms with van der Waals surface area (Å²) in [7, 11) is -7.73. The minimum Gasteiger partial charge on any atom is -0.413 e. The maximum atomic E-state index is 13.2. The average molecular weight is 400 g/mol. The van der Waals surface area contributed by atoms with Gasteiger partial charge >= 0.3 is 7.60 Å². The smallest absolute Gasteiger partial charge is 0.413 e. The first-order valence-electron chi connectivity index (χ1n) is 8.05. The van der Waals surface area contributed by atoms with Crippen molar-refractivity contribution in [2.75, 3.05) is 0 Å². The van der Waals surface area contributed by atoms with Gasteiger partial charge in [0.15, 0.2) is 9.84 Å². The highest BCUT2D eigenvalue weighted by atomic mass is 32.2. The first kappa shape index (κ1) is 19.0. The van der Waals surface area contributed by atoms with E-state index in [4.69, 9.17) is 9.05 Å². The Morgan fingerprint density at radius 1 is 0.667 bits per heavy atom. The fourth-order valence-corrected chi connectivity index (χ4v) is 5.10. The average Bonchev–Trinajstić information content (AvgIpc) is 2.69. The van der Waals surface area contributed by atoms with Crippen LogP contribution in [0.5, 0.6) is 11.5 Å². The fourth-order valence-electron chi connectivity index (χ4n) is 2.18. The van der Waals surface area contributed by atoms with Gasteiger partial charge in [-0.3, -0.25) is 0 Å². The predicted octanol–water partition coefficient (Wildman–Crippen LogP) is 5.28. The van der Waals surface area contributed by atoms with Crippen molar-refractivity contribution in [1.29, 1.82) is 0 Å². The van der Waals surface area contributed by atoms with Crippen molar-refractivity contribution in [3.8, 4) is 11.5 Å². The molecule has 3 aromatic carbocycles. The number of hydrogen-bond donors (Lipinski definition) is 0. The van der Waals surface area contributed by atoms with Gasteiger partial charge in [-0.05, 0) is 36.4 Å². The molecule has 0 aromatic heterocycles. The molecule has 0 aliphatic carbocycles. The lowest BCUT2D eigenvalue weighted by Gasteiger charge is -2.17. The van der Waals surface area contributed by atoms with E-state index in [0.717, 1.165) is 11.2 Å². The summed E-state index contributed by atoms with van der Waals surface area (Å²) in [5, 5.41) is 0.856. The van der Waals surface area contributed by atoms with Crippen molar-refractivity contribution in [2.45, 2.75) is 4.90 Å². The number of para-hydroxylation sites is 2. The lowest BCUT2D eigenvalue weighted by Crippen LogP contribution is -2.01. The molecule has 0 amide bonds. The van der Waals surface area contributed by atoms with Crippen LogP contribution >= 0.6 is 7.60 Å². The van der Waals surface area contributed by atoms with Crippen LogP contribution < -0.4 is 9.05 Å². The molecule has 0 saturated heterocycles. The van der Waals surface area contributed by atoms with Crippen LogP contribution in [-0.4, -0.2) is 8.42 Å². The summed E-state index contributed by atoms with van der Waals surface area (Å²) in [4.78, 5) is 0.0900. The van der Waals surface area contributed by atoms with Crippen LogP contribution in [0.3, 0.4) is 0 Å². The van der Waals surface area contributed by atoms with E-state index < -0.39 is 17.4 Å². The third-order valence-electron chi connectivity index (χ3n) is 3.45. The molecular weight excluding hydrogens is 383 g/mol. The highest BCUT2D eigenvalue weighted by Crippen LogP contribution is 2.50. The second kappa shape index (κ2) is 8.25. The van der Waals surface area contributed by atoms with Crippen molar-refractivity contribution in [1.82, 2.24) is 0 Å². The zero-order chi connectivity index (χ0) is 19.2. The Morgan fingerprint density at radius 3 is 1.52 bits per heavy atom. The molecule has 138 valence electrons. The molecule has 0 N–H and O–H groups in total. The monoisotopic (exact) mass is 400 g/mol. The van der Waals surface area contributed by atoms with Crippen LogP contribution in [0, 0.1) is 0 Å². The molecule has 3 rings (SSSR count). The Hall–Kier alpha value is -2.82. The van der Waals surface area contributed by atoms with E-state index in [-0.39, 0.29) is 4.90 Å².